The van der Waals surface area contributed by atoms with Gasteiger partial charge < -0.3 is 10.6 Å². The molecule has 0 aromatic carbocycles. The number of carbonyl (C=O) groups is 2. The van der Waals surface area contributed by atoms with E-state index in [0.717, 1.165) is 25.7 Å². The number of nitrogens with one attached hydrogen (secondary N) is 2. The first-order valence-electron chi connectivity index (χ1n) is 7.22. The zero-order valence-electron chi connectivity index (χ0n) is 11.0. The Labute approximate surface area is 108 Å². The molecule has 0 aromatic rings. The zero-order valence-corrected chi connectivity index (χ0v) is 11.0. The monoisotopic (exact) mass is 250 g/mol. The second kappa shape index (κ2) is 4.25. The molecule has 0 aromatic heterocycles. The lowest BCUT2D eigenvalue weighted by Gasteiger charge is -2.28. The predicted octanol–water partition coefficient (Wildman–Crippen LogP) is 1.21. The second-order valence-electron chi connectivity index (χ2n) is 6.14. The molecule has 100 valence electrons. The van der Waals surface area contributed by atoms with Gasteiger partial charge in [-0.05, 0) is 37.5 Å². The van der Waals surface area contributed by atoms with Gasteiger partial charge in [0, 0.05) is 13.0 Å². The summed E-state index contributed by atoms with van der Waals surface area (Å²) in [5, 5.41) is 5.79. The molecule has 3 rings (SSSR count). The Bertz CT molecular complexity index is 364. The van der Waals surface area contributed by atoms with Crippen molar-refractivity contribution in [3.63, 3.8) is 0 Å². The Balaban J connectivity index is 1.66. The molecular formula is C14H22N2O2. The molecule has 0 saturated heterocycles. The van der Waals surface area contributed by atoms with Gasteiger partial charge in [0.05, 0.1) is 0 Å². The van der Waals surface area contributed by atoms with Crippen LogP contribution in [0, 0.1) is 17.8 Å². The summed E-state index contributed by atoms with van der Waals surface area (Å²) < 4.78 is 0. The first-order chi connectivity index (χ1) is 8.68. The molecule has 0 heterocycles. The summed E-state index contributed by atoms with van der Waals surface area (Å²) in [6.45, 7) is 0. The molecular weight excluding hydrogens is 228 g/mol. The summed E-state index contributed by atoms with van der Waals surface area (Å²) in [5.41, 5.74) is -0.608. The fourth-order valence-corrected chi connectivity index (χ4v) is 4.16. The molecule has 2 unspecified atom stereocenters. The van der Waals surface area contributed by atoms with Crippen molar-refractivity contribution in [1.29, 1.82) is 0 Å². The summed E-state index contributed by atoms with van der Waals surface area (Å²) in [6.07, 6.45) is 7.34. The zero-order chi connectivity index (χ0) is 12.8. The molecule has 3 aliphatic carbocycles. The van der Waals surface area contributed by atoms with Crippen LogP contribution in [0.2, 0.25) is 0 Å². The Morgan fingerprint density at radius 1 is 1.06 bits per heavy atom. The Kier molecular flexibility index (Phi) is 2.83. The molecule has 3 fully saturated rings. The number of rotatable bonds is 3. The van der Waals surface area contributed by atoms with Gasteiger partial charge in [0.25, 0.3) is 0 Å². The first kappa shape index (κ1) is 12.0. The third kappa shape index (κ3) is 1.73. The number of amides is 2. The first-order valence-corrected chi connectivity index (χ1v) is 7.22. The normalized spacial score (nSPS) is 35.9. The molecule has 2 amide bonds. The highest BCUT2D eigenvalue weighted by molar-refractivity contribution is 5.93. The van der Waals surface area contributed by atoms with E-state index in [1.54, 1.807) is 7.05 Å². The van der Waals surface area contributed by atoms with Crippen molar-refractivity contribution in [2.75, 3.05) is 7.05 Å². The van der Waals surface area contributed by atoms with E-state index < -0.39 is 5.54 Å². The van der Waals surface area contributed by atoms with E-state index in [1.165, 1.54) is 19.3 Å². The van der Waals surface area contributed by atoms with Gasteiger partial charge in [-0.1, -0.05) is 19.3 Å². The average molecular weight is 250 g/mol. The third-order valence-electron chi connectivity index (χ3n) is 5.19. The van der Waals surface area contributed by atoms with Crippen LogP contribution in [0.15, 0.2) is 0 Å². The predicted molar refractivity (Wildman–Crippen MR) is 67.7 cm³/mol. The van der Waals surface area contributed by atoms with Crippen LogP contribution in [0.4, 0.5) is 0 Å². The van der Waals surface area contributed by atoms with Crippen LogP contribution < -0.4 is 10.6 Å². The molecule has 0 bridgehead atoms. The van der Waals surface area contributed by atoms with Gasteiger partial charge in [0.2, 0.25) is 11.8 Å². The maximum absolute atomic E-state index is 12.3. The van der Waals surface area contributed by atoms with Crippen molar-refractivity contribution < 1.29 is 9.59 Å². The number of carbonyl (C=O) groups excluding carboxylic acids is 2. The lowest BCUT2D eigenvalue weighted by molar-refractivity contribution is -0.134. The van der Waals surface area contributed by atoms with Gasteiger partial charge >= 0.3 is 0 Å². The van der Waals surface area contributed by atoms with Crippen molar-refractivity contribution in [3.05, 3.63) is 0 Å². The SMILES string of the molecule is CNC(=O)C1(NC(=O)C2C3CCCC32)CCCC1. The molecule has 2 atom stereocenters. The second-order valence-corrected chi connectivity index (χ2v) is 6.14. The van der Waals surface area contributed by atoms with Crippen LogP contribution in [0.3, 0.4) is 0 Å². The summed E-state index contributed by atoms with van der Waals surface area (Å²) in [4.78, 5) is 24.3. The minimum atomic E-state index is -0.608. The molecule has 0 aliphatic heterocycles. The summed E-state index contributed by atoms with van der Waals surface area (Å²) in [7, 11) is 1.65. The van der Waals surface area contributed by atoms with E-state index in [-0.39, 0.29) is 17.7 Å². The largest absolute Gasteiger partial charge is 0.357 e. The van der Waals surface area contributed by atoms with E-state index >= 15 is 0 Å². The summed E-state index contributed by atoms with van der Waals surface area (Å²) >= 11 is 0. The van der Waals surface area contributed by atoms with Crippen LogP contribution in [-0.4, -0.2) is 24.4 Å². The highest BCUT2D eigenvalue weighted by Gasteiger charge is 2.58. The summed E-state index contributed by atoms with van der Waals surface area (Å²) in [6, 6.07) is 0. The molecule has 3 aliphatic rings. The Morgan fingerprint density at radius 3 is 2.22 bits per heavy atom. The quantitative estimate of drug-likeness (QED) is 0.791. The molecule has 0 spiro atoms. The van der Waals surface area contributed by atoms with Crippen molar-refractivity contribution in [1.82, 2.24) is 10.6 Å². The maximum atomic E-state index is 12.3. The van der Waals surface area contributed by atoms with Gasteiger partial charge in [0.15, 0.2) is 0 Å². The molecule has 3 saturated carbocycles. The maximum Gasteiger partial charge on any atom is 0.245 e. The van der Waals surface area contributed by atoms with Crippen molar-refractivity contribution >= 4 is 11.8 Å². The lowest BCUT2D eigenvalue weighted by atomic mass is 9.95. The highest BCUT2D eigenvalue weighted by Crippen LogP contribution is 2.57. The van der Waals surface area contributed by atoms with E-state index in [0.29, 0.717) is 11.8 Å². The highest BCUT2D eigenvalue weighted by atomic mass is 16.2. The number of hydrogen-bond acceptors (Lipinski definition) is 2. The van der Waals surface area contributed by atoms with Gasteiger partial charge in [-0.15, -0.1) is 0 Å². The number of likely N-dealkylation sites (N-methyl/N-ethyl adjacent to an activating group) is 1. The van der Waals surface area contributed by atoms with Crippen LogP contribution in [0.1, 0.15) is 44.9 Å². The standard InChI is InChI=1S/C14H22N2O2/c1-15-13(18)14(7-2-3-8-14)16-12(17)11-9-5-4-6-10(9)11/h9-11H,2-8H2,1H3,(H,15,18)(H,16,17). The van der Waals surface area contributed by atoms with E-state index in [4.69, 9.17) is 0 Å². The Hall–Kier alpha value is -1.06. The molecule has 4 heteroatoms. The fraction of sp³-hybridized carbons (Fsp3) is 0.857. The fourth-order valence-electron chi connectivity index (χ4n) is 4.16. The molecule has 0 radical (unpaired) electrons. The molecule has 18 heavy (non-hydrogen) atoms. The van der Waals surface area contributed by atoms with E-state index in [1.807, 2.05) is 0 Å². The van der Waals surface area contributed by atoms with Crippen LogP contribution in [-0.2, 0) is 9.59 Å². The van der Waals surface area contributed by atoms with Crippen molar-refractivity contribution in [2.24, 2.45) is 17.8 Å². The van der Waals surface area contributed by atoms with Crippen LogP contribution in [0.5, 0.6) is 0 Å². The van der Waals surface area contributed by atoms with Gasteiger partial charge in [-0.2, -0.15) is 0 Å². The van der Waals surface area contributed by atoms with Gasteiger partial charge in [-0.3, -0.25) is 9.59 Å². The number of hydrogen-bond donors (Lipinski definition) is 2. The van der Waals surface area contributed by atoms with Crippen molar-refractivity contribution in [2.45, 2.75) is 50.5 Å². The van der Waals surface area contributed by atoms with Gasteiger partial charge in [-0.25, -0.2) is 0 Å². The smallest absolute Gasteiger partial charge is 0.245 e. The van der Waals surface area contributed by atoms with E-state index in [2.05, 4.69) is 10.6 Å². The minimum Gasteiger partial charge on any atom is -0.357 e. The lowest BCUT2D eigenvalue weighted by Crippen LogP contribution is -2.57. The number of fused-ring (bicyclic) bond motifs is 1. The molecule has 2 N–H and O–H groups in total. The van der Waals surface area contributed by atoms with Crippen LogP contribution in [0.25, 0.3) is 0 Å². The van der Waals surface area contributed by atoms with Gasteiger partial charge in [0.1, 0.15) is 5.54 Å². The average Bonchev–Trinajstić information content (AvgIpc) is 2.76. The molecule has 4 nitrogen and oxygen atoms in total. The van der Waals surface area contributed by atoms with E-state index in [9.17, 15) is 9.59 Å². The topological polar surface area (TPSA) is 58.2 Å². The summed E-state index contributed by atoms with van der Waals surface area (Å²) in [5.74, 6) is 1.57. The third-order valence-corrected chi connectivity index (χ3v) is 5.19. The van der Waals surface area contributed by atoms with Crippen LogP contribution >= 0.6 is 0 Å². The van der Waals surface area contributed by atoms with Crippen molar-refractivity contribution in [3.8, 4) is 0 Å². The Morgan fingerprint density at radius 2 is 1.67 bits per heavy atom. The minimum absolute atomic E-state index is 0.0147.